The monoisotopic (exact) mass is 339 g/mol. The van der Waals surface area contributed by atoms with Crippen molar-refractivity contribution in [2.24, 2.45) is 5.73 Å². The molecule has 1 aromatic heterocycles. The number of nitrogens with zero attached hydrogens (tertiary/aromatic N) is 1. The number of carbonyl (C=O) groups is 1. The molecule has 22 heavy (non-hydrogen) atoms. The van der Waals surface area contributed by atoms with Crippen molar-refractivity contribution < 1.29 is 22.7 Å². The summed E-state index contributed by atoms with van der Waals surface area (Å²) in [6.45, 7) is 4.90. The number of nitrogens with two attached hydrogens (primary N) is 1. The van der Waals surface area contributed by atoms with E-state index in [9.17, 15) is 18.0 Å². The van der Waals surface area contributed by atoms with Crippen LogP contribution in [0.2, 0.25) is 5.15 Å². The number of hydrogen-bond acceptors (Lipinski definition) is 4. The first kappa shape index (κ1) is 18.5. The number of ether oxygens (including phenoxy) is 1. The molecule has 0 radical (unpaired) electrons. The molecule has 5 nitrogen and oxygen atoms in total. The summed E-state index contributed by atoms with van der Waals surface area (Å²) in [5.74, 6) is 0. The quantitative estimate of drug-likeness (QED) is 0.828. The highest BCUT2D eigenvalue weighted by molar-refractivity contribution is 6.30. The molecule has 124 valence electrons. The van der Waals surface area contributed by atoms with Crippen molar-refractivity contribution in [1.29, 1.82) is 0 Å². The highest BCUT2D eigenvalue weighted by Crippen LogP contribution is 2.31. The van der Waals surface area contributed by atoms with Crippen LogP contribution in [0.3, 0.4) is 0 Å². The zero-order valence-electron chi connectivity index (χ0n) is 12.3. The summed E-state index contributed by atoms with van der Waals surface area (Å²) < 4.78 is 42.9. The van der Waals surface area contributed by atoms with E-state index in [0.717, 1.165) is 6.07 Å². The van der Waals surface area contributed by atoms with Crippen LogP contribution in [-0.2, 0) is 10.9 Å². The van der Waals surface area contributed by atoms with Crippen molar-refractivity contribution in [3.8, 4) is 0 Å². The number of amides is 1. The zero-order valence-corrected chi connectivity index (χ0v) is 13.0. The van der Waals surface area contributed by atoms with Gasteiger partial charge in [-0.25, -0.2) is 9.78 Å². The molecule has 0 aromatic carbocycles. The summed E-state index contributed by atoms with van der Waals surface area (Å²) in [6, 6.07) is -0.133. The van der Waals surface area contributed by atoms with E-state index in [0.29, 0.717) is 6.20 Å². The minimum Gasteiger partial charge on any atom is -0.444 e. The third kappa shape index (κ3) is 5.69. The fourth-order valence-corrected chi connectivity index (χ4v) is 1.74. The number of hydrogen-bond donors (Lipinski definition) is 2. The van der Waals surface area contributed by atoms with Gasteiger partial charge in [0.2, 0.25) is 0 Å². The van der Waals surface area contributed by atoms with Crippen molar-refractivity contribution in [2.45, 2.75) is 38.6 Å². The van der Waals surface area contributed by atoms with Gasteiger partial charge in [0.1, 0.15) is 10.8 Å². The third-order valence-electron chi connectivity index (χ3n) is 2.46. The molecule has 0 fully saturated rings. The Hall–Kier alpha value is -1.54. The first-order valence-electron chi connectivity index (χ1n) is 6.35. The summed E-state index contributed by atoms with van der Waals surface area (Å²) in [5, 5.41) is 2.22. The van der Waals surface area contributed by atoms with Gasteiger partial charge in [0, 0.05) is 18.3 Å². The molecule has 1 aromatic rings. The molecule has 1 atom stereocenters. The van der Waals surface area contributed by atoms with Crippen LogP contribution in [0.15, 0.2) is 12.3 Å². The minimum atomic E-state index is -4.55. The van der Waals surface area contributed by atoms with Crippen LogP contribution >= 0.6 is 11.6 Å². The van der Waals surface area contributed by atoms with E-state index in [2.05, 4.69) is 10.3 Å². The average molecular weight is 340 g/mol. The molecule has 0 saturated heterocycles. The van der Waals surface area contributed by atoms with Crippen LogP contribution in [0.1, 0.15) is 37.9 Å². The number of aromatic nitrogens is 1. The van der Waals surface area contributed by atoms with Crippen molar-refractivity contribution >= 4 is 17.7 Å². The lowest BCUT2D eigenvalue weighted by Gasteiger charge is -2.21. The van der Waals surface area contributed by atoms with Gasteiger partial charge in [-0.05, 0) is 26.8 Å². The second-order valence-electron chi connectivity index (χ2n) is 5.59. The van der Waals surface area contributed by atoms with Crippen molar-refractivity contribution in [3.05, 3.63) is 28.5 Å². The van der Waals surface area contributed by atoms with Crippen molar-refractivity contribution in [2.75, 3.05) is 6.54 Å². The molecule has 0 saturated carbocycles. The van der Waals surface area contributed by atoms with E-state index in [1.54, 1.807) is 20.8 Å². The standard InChI is InChI=1S/C13H17ClF3N3O2/c1-12(2,3)22-11(21)20-6-9(18)8-4-7(13(15,16)17)5-19-10(8)14/h4-5,9H,6,18H2,1-3H3,(H,20,21). The van der Waals surface area contributed by atoms with Crippen LogP contribution in [0, 0.1) is 0 Å². The lowest BCUT2D eigenvalue weighted by atomic mass is 10.1. The van der Waals surface area contributed by atoms with Gasteiger partial charge in [-0.3, -0.25) is 0 Å². The molecule has 0 aliphatic rings. The predicted octanol–water partition coefficient (Wildman–Crippen LogP) is 3.28. The SMILES string of the molecule is CC(C)(C)OC(=O)NCC(N)c1cc(C(F)(F)F)cnc1Cl. The van der Waals surface area contributed by atoms with Crippen LogP contribution in [0.25, 0.3) is 0 Å². The van der Waals surface area contributed by atoms with Gasteiger partial charge in [-0.2, -0.15) is 13.2 Å². The number of alkyl carbamates (subject to hydrolysis) is 1. The molecule has 9 heteroatoms. The second kappa shape index (κ2) is 6.70. The molecule has 0 spiro atoms. The largest absolute Gasteiger partial charge is 0.444 e. The first-order valence-corrected chi connectivity index (χ1v) is 6.73. The fraction of sp³-hybridized carbons (Fsp3) is 0.538. The van der Waals surface area contributed by atoms with Crippen LogP contribution in [0.5, 0.6) is 0 Å². The Labute approximate surface area is 131 Å². The topological polar surface area (TPSA) is 77.2 Å². The van der Waals surface area contributed by atoms with Gasteiger partial charge in [-0.15, -0.1) is 0 Å². The summed E-state index contributed by atoms with van der Waals surface area (Å²) in [6.07, 6.45) is -4.65. The number of carbonyl (C=O) groups excluding carboxylic acids is 1. The summed E-state index contributed by atoms with van der Waals surface area (Å²) in [4.78, 5) is 15.0. The van der Waals surface area contributed by atoms with Crippen LogP contribution in [-0.4, -0.2) is 23.2 Å². The maximum Gasteiger partial charge on any atom is 0.417 e. The molecule has 0 aliphatic carbocycles. The maximum absolute atomic E-state index is 12.6. The van der Waals surface area contributed by atoms with Crippen LogP contribution < -0.4 is 11.1 Å². The van der Waals surface area contributed by atoms with E-state index in [4.69, 9.17) is 22.1 Å². The maximum atomic E-state index is 12.6. The fourth-order valence-electron chi connectivity index (χ4n) is 1.50. The lowest BCUT2D eigenvalue weighted by Crippen LogP contribution is -2.36. The number of rotatable bonds is 3. The normalized spacial score (nSPS) is 13.6. The molecule has 1 unspecified atom stereocenters. The summed E-state index contributed by atoms with van der Waals surface area (Å²) in [5.41, 5.74) is 4.10. The molecule has 0 bridgehead atoms. The van der Waals surface area contributed by atoms with E-state index in [-0.39, 0.29) is 17.3 Å². The molecule has 0 aliphatic heterocycles. The molecule has 1 amide bonds. The van der Waals surface area contributed by atoms with E-state index < -0.39 is 29.5 Å². The number of alkyl halides is 3. The smallest absolute Gasteiger partial charge is 0.417 e. The van der Waals surface area contributed by atoms with E-state index >= 15 is 0 Å². The Kier molecular flexibility index (Phi) is 5.64. The number of halogens is 4. The Morgan fingerprint density at radius 1 is 1.45 bits per heavy atom. The molecular formula is C13H17ClF3N3O2. The Morgan fingerprint density at radius 2 is 2.05 bits per heavy atom. The first-order chi connectivity index (χ1) is 9.90. The summed E-state index contributed by atoms with van der Waals surface area (Å²) >= 11 is 5.76. The highest BCUT2D eigenvalue weighted by Gasteiger charge is 2.32. The predicted molar refractivity (Wildman–Crippen MR) is 75.4 cm³/mol. The number of pyridine rings is 1. The number of nitrogens with one attached hydrogen (secondary N) is 1. The van der Waals surface area contributed by atoms with Gasteiger partial charge in [0.15, 0.2) is 0 Å². The highest BCUT2D eigenvalue weighted by atomic mass is 35.5. The Morgan fingerprint density at radius 3 is 2.55 bits per heavy atom. The summed E-state index contributed by atoms with van der Waals surface area (Å²) in [7, 11) is 0. The Bertz CT molecular complexity index is 544. The van der Waals surface area contributed by atoms with Gasteiger partial charge >= 0.3 is 12.3 Å². The zero-order chi connectivity index (χ0) is 17.1. The van der Waals surface area contributed by atoms with Gasteiger partial charge in [0.05, 0.1) is 11.6 Å². The van der Waals surface area contributed by atoms with Crippen molar-refractivity contribution in [1.82, 2.24) is 10.3 Å². The minimum absolute atomic E-state index is 0.00690. The molecule has 1 rings (SSSR count). The van der Waals surface area contributed by atoms with Gasteiger partial charge in [0.25, 0.3) is 0 Å². The van der Waals surface area contributed by atoms with Gasteiger partial charge in [-0.1, -0.05) is 11.6 Å². The van der Waals surface area contributed by atoms with E-state index in [1.165, 1.54) is 0 Å². The average Bonchev–Trinajstić information content (AvgIpc) is 2.33. The van der Waals surface area contributed by atoms with Crippen molar-refractivity contribution in [3.63, 3.8) is 0 Å². The Balaban J connectivity index is 2.77. The third-order valence-corrected chi connectivity index (χ3v) is 2.77. The molecule has 1 heterocycles. The lowest BCUT2D eigenvalue weighted by molar-refractivity contribution is -0.137. The van der Waals surface area contributed by atoms with Crippen LogP contribution in [0.4, 0.5) is 18.0 Å². The van der Waals surface area contributed by atoms with Gasteiger partial charge < -0.3 is 15.8 Å². The second-order valence-corrected chi connectivity index (χ2v) is 5.95. The molecule has 3 N–H and O–H groups in total. The molecular weight excluding hydrogens is 323 g/mol. The van der Waals surface area contributed by atoms with E-state index in [1.807, 2.05) is 0 Å².